The Morgan fingerprint density at radius 3 is 2.20 bits per heavy atom. The zero-order valence-corrected chi connectivity index (χ0v) is 8.72. The predicted molar refractivity (Wildman–Crippen MR) is 50.8 cm³/mol. The summed E-state index contributed by atoms with van der Waals surface area (Å²) in [5.74, 6) is 0.643. The van der Waals surface area contributed by atoms with E-state index >= 15 is 0 Å². The van der Waals surface area contributed by atoms with Crippen molar-refractivity contribution in [3.63, 3.8) is 0 Å². The molecule has 6 heteroatoms. The molecule has 6 nitrogen and oxygen atoms in total. The van der Waals surface area contributed by atoms with E-state index in [0.29, 0.717) is 11.8 Å². The van der Waals surface area contributed by atoms with Crippen molar-refractivity contribution in [2.75, 3.05) is 14.2 Å². The van der Waals surface area contributed by atoms with Gasteiger partial charge >= 0.3 is 6.01 Å². The van der Waals surface area contributed by atoms with Gasteiger partial charge in [-0.3, -0.25) is 0 Å². The molecule has 0 aliphatic carbocycles. The van der Waals surface area contributed by atoms with Crippen LogP contribution in [0.25, 0.3) is 0 Å². The minimum absolute atomic E-state index is 0.0558. The van der Waals surface area contributed by atoms with E-state index in [1.54, 1.807) is 6.92 Å². The normalized spacial score (nSPS) is 11.3. The SMILES string of the molecule is COc1cc(OC)nc(OC(C)C#N)n1. The molecule has 0 spiro atoms. The molecular weight excluding hydrogens is 198 g/mol. The molecule has 1 aromatic heterocycles. The number of hydrogen-bond acceptors (Lipinski definition) is 6. The topological polar surface area (TPSA) is 77.3 Å². The summed E-state index contributed by atoms with van der Waals surface area (Å²) in [7, 11) is 2.94. The molecule has 1 rings (SSSR count). The highest BCUT2D eigenvalue weighted by molar-refractivity contribution is 5.23. The number of rotatable bonds is 4. The smallest absolute Gasteiger partial charge is 0.324 e. The van der Waals surface area contributed by atoms with Gasteiger partial charge in [-0.2, -0.15) is 15.2 Å². The van der Waals surface area contributed by atoms with Crippen molar-refractivity contribution in [1.29, 1.82) is 5.26 Å². The molecule has 1 aromatic rings. The highest BCUT2D eigenvalue weighted by Crippen LogP contribution is 2.19. The van der Waals surface area contributed by atoms with Gasteiger partial charge in [0.25, 0.3) is 0 Å². The van der Waals surface area contributed by atoms with Crippen LogP contribution in [0, 0.1) is 11.3 Å². The van der Waals surface area contributed by atoms with E-state index in [0.717, 1.165) is 0 Å². The molecule has 0 bridgehead atoms. The van der Waals surface area contributed by atoms with Gasteiger partial charge in [-0.05, 0) is 6.92 Å². The summed E-state index contributed by atoms with van der Waals surface area (Å²) in [6, 6.07) is 3.48. The Hall–Kier alpha value is -2.03. The van der Waals surface area contributed by atoms with Crippen LogP contribution in [0.5, 0.6) is 17.8 Å². The Bertz CT molecular complexity index is 353. The number of hydrogen-bond donors (Lipinski definition) is 0. The number of nitriles is 1. The fourth-order valence-corrected chi connectivity index (χ4v) is 0.830. The Morgan fingerprint density at radius 1 is 1.27 bits per heavy atom. The van der Waals surface area contributed by atoms with Crippen molar-refractivity contribution in [3.8, 4) is 23.8 Å². The molecule has 0 aliphatic heterocycles. The van der Waals surface area contributed by atoms with Crippen LogP contribution >= 0.6 is 0 Å². The first-order chi connectivity index (χ1) is 7.19. The molecule has 0 saturated carbocycles. The van der Waals surface area contributed by atoms with E-state index in [2.05, 4.69) is 9.97 Å². The zero-order valence-electron chi connectivity index (χ0n) is 8.72. The molecular formula is C9H11N3O3. The zero-order chi connectivity index (χ0) is 11.3. The number of aromatic nitrogens is 2. The molecule has 0 aromatic carbocycles. The lowest BCUT2D eigenvalue weighted by Crippen LogP contribution is -2.11. The Labute approximate surface area is 87.4 Å². The molecule has 1 atom stereocenters. The fourth-order valence-electron chi connectivity index (χ4n) is 0.830. The van der Waals surface area contributed by atoms with Gasteiger partial charge in [-0.1, -0.05) is 0 Å². The summed E-state index contributed by atoms with van der Waals surface area (Å²) >= 11 is 0. The van der Waals surface area contributed by atoms with Gasteiger partial charge in [0.05, 0.1) is 20.3 Å². The van der Waals surface area contributed by atoms with Gasteiger partial charge < -0.3 is 14.2 Å². The number of nitrogens with zero attached hydrogens (tertiary/aromatic N) is 3. The molecule has 0 N–H and O–H groups in total. The van der Waals surface area contributed by atoms with Gasteiger partial charge in [0.15, 0.2) is 6.10 Å². The van der Waals surface area contributed by atoms with Crippen molar-refractivity contribution in [1.82, 2.24) is 9.97 Å². The number of ether oxygens (including phenoxy) is 3. The van der Waals surface area contributed by atoms with Gasteiger partial charge in [0, 0.05) is 0 Å². The maximum Gasteiger partial charge on any atom is 0.324 e. The minimum atomic E-state index is -0.623. The van der Waals surface area contributed by atoms with E-state index in [1.165, 1.54) is 20.3 Å². The summed E-state index contributed by atoms with van der Waals surface area (Å²) in [5.41, 5.74) is 0. The van der Waals surface area contributed by atoms with Crippen LogP contribution < -0.4 is 14.2 Å². The summed E-state index contributed by atoms with van der Waals surface area (Å²) in [4.78, 5) is 7.80. The van der Waals surface area contributed by atoms with Gasteiger partial charge in [-0.25, -0.2) is 0 Å². The lowest BCUT2D eigenvalue weighted by molar-refractivity contribution is 0.243. The van der Waals surface area contributed by atoms with Crippen molar-refractivity contribution in [2.24, 2.45) is 0 Å². The molecule has 1 heterocycles. The average molecular weight is 209 g/mol. The summed E-state index contributed by atoms with van der Waals surface area (Å²) in [6.07, 6.45) is -0.623. The van der Waals surface area contributed by atoms with Gasteiger partial charge in [-0.15, -0.1) is 0 Å². The number of methoxy groups -OCH3 is 2. The van der Waals surface area contributed by atoms with Crippen LogP contribution in [0.3, 0.4) is 0 Å². The monoisotopic (exact) mass is 209 g/mol. The van der Waals surface area contributed by atoms with Crippen molar-refractivity contribution in [3.05, 3.63) is 6.07 Å². The second kappa shape index (κ2) is 5.00. The second-order valence-electron chi connectivity index (χ2n) is 2.62. The van der Waals surface area contributed by atoms with Crippen LogP contribution in [0.1, 0.15) is 6.92 Å². The maximum absolute atomic E-state index is 8.56. The van der Waals surface area contributed by atoms with Gasteiger partial charge in [0.1, 0.15) is 6.07 Å². The maximum atomic E-state index is 8.56. The third kappa shape index (κ3) is 2.98. The quantitative estimate of drug-likeness (QED) is 0.729. The third-order valence-electron chi connectivity index (χ3n) is 1.54. The van der Waals surface area contributed by atoms with Crippen molar-refractivity contribution < 1.29 is 14.2 Å². The van der Waals surface area contributed by atoms with E-state index < -0.39 is 6.10 Å². The molecule has 0 radical (unpaired) electrons. The predicted octanol–water partition coefficient (Wildman–Crippen LogP) is 0.785. The van der Waals surface area contributed by atoms with Crippen LogP contribution in [-0.2, 0) is 0 Å². The van der Waals surface area contributed by atoms with Crippen LogP contribution in [0.4, 0.5) is 0 Å². The van der Waals surface area contributed by atoms with Crippen LogP contribution in [0.15, 0.2) is 6.07 Å². The first kappa shape index (κ1) is 11.0. The average Bonchev–Trinajstić information content (AvgIpc) is 2.28. The summed E-state index contributed by atoms with van der Waals surface area (Å²) < 4.78 is 14.9. The molecule has 15 heavy (non-hydrogen) atoms. The molecule has 0 amide bonds. The van der Waals surface area contributed by atoms with E-state index in [4.69, 9.17) is 19.5 Å². The second-order valence-corrected chi connectivity index (χ2v) is 2.62. The Morgan fingerprint density at radius 2 is 1.80 bits per heavy atom. The highest BCUT2D eigenvalue weighted by atomic mass is 16.5. The Balaban J connectivity index is 2.92. The van der Waals surface area contributed by atoms with Gasteiger partial charge in [0.2, 0.25) is 11.8 Å². The van der Waals surface area contributed by atoms with E-state index in [1.807, 2.05) is 6.07 Å². The highest BCUT2D eigenvalue weighted by Gasteiger charge is 2.09. The largest absolute Gasteiger partial charge is 0.481 e. The van der Waals surface area contributed by atoms with Crippen molar-refractivity contribution in [2.45, 2.75) is 13.0 Å². The summed E-state index contributed by atoms with van der Waals surface area (Å²) in [6.45, 7) is 1.59. The lowest BCUT2D eigenvalue weighted by Gasteiger charge is -2.08. The Kier molecular flexibility index (Phi) is 3.68. The minimum Gasteiger partial charge on any atom is -0.481 e. The lowest BCUT2D eigenvalue weighted by atomic mass is 10.5. The molecule has 0 fully saturated rings. The van der Waals surface area contributed by atoms with Crippen LogP contribution in [0.2, 0.25) is 0 Å². The van der Waals surface area contributed by atoms with Crippen LogP contribution in [-0.4, -0.2) is 30.3 Å². The molecule has 0 saturated heterocycles. The first-order valence-corrected chi connectivity index (χ1v) is 4.23. The fraction of sp³-hybridized carbons (Fsp3) is 0.444. The summed E-state index contributed by atoms with van der Waals surface area (Å²) in [5, 5.41) is 8.56. The first-order valence-electron chi connectivity index (χ1n) is 4.23. The molecule has 0 aliphatic rings. The van der Waals surface area contributed by atoms with Crippen molar-refractivity contribution >= 4 is 0 Å². The van der Waals surface area contributed by atoms with E-state index in [-0.39, 0.29) is 6.01 Å². The molecule has 80 valence electrons. The van der Waals surface area contributed by atoms with E-state index in [9.17, 15) is 0 Å². The molecule has 1 unspecified atom stereocenters. The third-order valence-corrected chi connectivity index (χ3v) is 1.54. The standard InChI is InChI=1S/C9H11N3O3/c1-6(5-10)15-9-11-7(13-2)4-8(12-9)14-3/h4,6H,1-3H3.